The lowest BCUT2D eigenvalue weighted by Crippen LogP contribution is -2.44. The van der Waals surface area contributed by atoms with Crippen molar-refractivity contribution in [2.24, 2.45) is 0 Å². The van der Waals surface area contributed by atoms with E-state index in [4.69, 9.17) is 4.98 Å². The first-order valence-corrected chi connectivity index (χ1v) is 10.7. The second-order valence-electron chi connectivity index (χ2n) is 8.16. The summed E-state index contributed by atoms with van der Waals surface area (Å²) in [6, 6.07) is 16.7. The number of hydrogen-bond donors (Lipinski definition) is 1. The number of aromatic nitrogens is 4. The summed E-state index contributed by atoms with van der Waals surface area (Å²) >= 11 is 0. The third kappa shape index (κ3) is 3.84. The highest BCUT2D eigenvalue weighted by Gasteiger charge is 2.17. The quantitative estimate of drug-likeness (QED) is 0.547. The first kappa shape index (κ1) is 19.5. The van der Waals surface area contributed by atoms with Crippen molar-refractivity contribution in [1.82, 2.24) is 24.6 Å². The van der Waals surface area contributed by atoms with E-state index in [9.17, 15) is 0 Å². The molecule has 31 heavy (non-hydrogen) atoms. The summed E-state index contributed by atoms with van der Waals surface area (Å²) in [5.74, 6) is 1.49. The lowest BCUT2D eigenvalue weighted by atomic mass is 10.2. The van der Waals surface area contributed by atoms with E-state index < -0.39 is 0 Å². The van der Waals surface area contributed by atoms with Crippen LogP contribution in [0.1, 0.15) is 11.4 Å². The Labute approximate surface area is 182 Å². The van der Waals surface area contributed by atoms with Gasteiger partial charge in [-0.2, -0.15) is 5.10 Å². The van der Waals surface area contributed by atoms with E-state index in [1.54, 1.807) is 0 Å². The summed E-state index contributed by atoms with van der Waals surface area (Å²) in [5, 5.41) is 9.05. The average Bonchev–Trinajstić information content (AvgIpc) is 3.20. The van der Waals surface area contributed by atoms with E-state index in [1.807, 2.05) is 29.9 Å². The smallest absolute Gasteiger partial charge is 0.168 e. The van der Waals surface area contributed by atoms with Gasteiger partial charge in [-0.3, -0.25) is 0 Å². The molecule has 0 saturated carbocycles. The Morgan fingerprint density at radius 3 is 2.45 bits per heavy atom. The number of anilines is 3. The van der Waals surface area contributed by atoms with E-state index in [2.05, 4.69) is 75.6 Å². The molecule has 0 atom stereocenters. The minimum absolute atomic E-state index is 0.709. The lowest BCUT2D eigenvalue weighted by Gasteiger charge is -2.34. The molecule has 1 fully saturated rings. The van der Waals surface area contributed by atoms with Gasteiger partial charge in [0.05, 0.1) is 17.3 Å². The van der Waals surface area contributed by atoms with Gasteiger partial charge in [0.2, 0.25) is 0 Å². The zero-order valence-corrected chi connectivity index (χ0v) is 18.2. The fraction of sp³-hybridized carbons (Fsp3) is 0.292. The molecule has 1 aliphatic heterocycles. The van der Waals surface area contributed by atoms with Crippen molar-refractivity contribution < 1.29 is 0 Å². The lowest BCUT2D eigenvalue weighted by molar-refractivity contribution is 0.313. The highest BCUT2D eigenvalue weighted by atomic mass is 15.3. The number of piperazine rings is 1. The molecule has 3 heterocycles. The normalized spacial score (nSPS) is 14.9. The maximum atomic E-state index is 4.72. The first-order valence-electron chi connectivity index (χ1n) is 10.7. The highest BCUT2D eigenvalue weighted by Crippen LogP contribution is 2.28. The maximum Gasteiger partial charge on any atom is 0.168 e. The second-order valence-corrected chi connectivity index (χ2v) is 8.16. The number of nitrogens with zero attached hydrogens (tertiary/aromatic N) is 6. The third-order valence-electron chi connectivity index (χ3n) is 5.88. The number of fused-ring (bicyclic) bond motifs is 1. The molecule has 2 aromatic heterocycles. The molecule has 7 heteroatoms. The SMILES string of the molecule is Cc1nc(Nc2ccccc2C)c2cnn(-c3cccc(N4CCN(C)CC4)c3)c2n1. The Bertz CT molecular complexity index is 1220. The Morgan fingerprint density at radius 2 is 1.65 bits per heavy atom. The van der Waals surface area contributed by atoms with Gasteiger partial charge in [-0.1, -0.05) is 24.3 Å². The summed E-state index contributed by atoms with van der Waals surface area (Å²) in [4.78, 5) is 14.2. The molecule has 7 nitrogen and oxygen atoms in total. The first-order chi connectivity index (χ1) is 15.1. The van der Waals surface area contributed by atoms with E-state index in [0.717, 1.165) is 54.4 Å². The van der Waals surface area contributed by atoms with Gasteiger partial charge in [0.15, 0.2) is 5.65 Å². The maximum absolute atomic E-state index is 4.72. The number of aryl methyl sites for hydroxylation is 2. The fourth-order valence-corrected chi connectivity index (χ4v) is 4.03. The van der Waals surface area contributed by atoms with Crippen LogP contribution in [-0.4, -0.2) is 57.9 Å². The molecule has 2 aromatic carbocycles. The molecule has 0 radical (unpaired) electrons. The molecule has 158 valence electrons. The number of rotatable bonds is 4. The highest BCUT2D eigenvalue weighted by molar-refractivity contribution is 5.89. The number of nitrogens with one attached hydrogen (secondary N) is 1. The van der Waals surface area contributed by atoms with Crippen LogP contribution in [0.5, 0.6) is 0 Å². The van der Waals surface area contributed by atoms with Crippen molar-refractivity contribution in [1.29, 1.82) is 0 Å². The van der Waals surface area contributed by atoms with Gasteiger partial charge < -0.3 is 15.1 Å². The van der Waals surface area contributed by atoms with Gasteiger partial charge in [-0.15, -0.1) is 0 Å². The van der Waals surface area contributed by atoms with Gasteiger partial charge in [0, 0.05) is 37.6 Å². The van der Waals surface area contributed by atoms with E-state index in [-0.39, 0.29) is 0 Å². The van der Waals surface area contributed by atoms with Crippen molar-refractivity contribution >= 4 is 28.2 Å². The topological polar surface area (TPSA) is 62.1 Å². The summed E-state index contributed by atoms with van der Waals surface area (Å²) in [6.45, 7) is 8.23. The third-order valence-corrected chi connectivity index (χ3v) is 5.88. The van der Waals surface area contributed by atoms with Crippen molar-refractivity contribution in [3.05, 3.63) is 66.1 Å². The minimum Gasteiger partial charge on any atom is -0.369 e. The largest absolute Gasteiger partial charge is 0.369 e. The zero-order chi connectivity index (χ0) is 21.4. The average molecular weight is 414 g/mol. The summed E-state index contributed by atoms with van der Waals surface area (Å²) in [5.41, 5.74) is 5.23. The summed E-state index contributed by atoms with van der Waals surface area (Å²) in [7, 11) is 2.17. The molecular formula is C24H27N7. The molecule has 0 unspecified atom stereocenters. The van der Waals surface area contributed by atoms with Crippen LogP contribution in [0.25, 0.3) is 16.7 Å². The van der Waals surface area contributed by atoms with Gasteiger partial charge in [0.1, 0.15) is 11.6 Å². The van der Waals surface area contributed by atoms with Crippen molar-refractivity contribution in [2.75, 3.05) is 43.4 Å². The molecule has 4 aromatic rings. The molecule has 0 bridgehead atoms. The Hall–Kier alpha value is -3.45. The van der Waals surface area contributed by atoms with Gasteiger partial charge >= 0.3 is 0 Å². The molecule has 1 saturated heterocycles. The predicted molar refractivity (Wildman–Crippen MR) is 126 cm³/mol. The molecular weight excluding hydrogens is 386 g/mol. The molecule has 5 rings (SSSR count). The summed E-state index contributed by atoms with van der Waals surface area (Å²) < 4.78 is 1.91. The standard InChI is InChI=1S/C24H27N7/c1-17-7-4-5-10-22(17)28-23-21-16-25-31(24(21)27-18(2)26-23)20-9-6-8-19(15-20)30-13-11-29(3)12-14-30/h4-10,15-16H,11-14H2,1-3H3,(H,26,27,28). The molecule has 1 N–H and O–H groups in total. The second kappa shape index (κ2) is 8.00. The Kier molecular flexibility index (Phi) is 5.03. The van der Waals surface area contributed by atoms with Crippen LogP contribution in [0.4, 0.5) is 17.2 Å². The minimum atomic E-state index is 0.709. The van der Waals surface area contributed by atoms with Gasteiger partial charge in [0.25, 0.3) is 0 Å². The van der Waals surface area contributed by atoms with Crippen LogP contribution in [0.15, 0.2) is 54.7 Å². The van der Waals surface area contributed by atoms with E-state index >= 15 is 0 Å². The molecule has 1 aliphatic rings. The number of para-hydroxylation sites is 1. The zero-order valence-electron chi connectivity index (χ0n) is 18.2. The van der Waals surface area contributed by atoms with Crippen LogP contribution < -0.4 is 10.2 Å². The Morgan fingerprint density at radius 1 is 0.871 bits per heavy atom. The van der Waals surface area contributed by atoms with Crippen LogP contribution >= 0.6 is 0 Å². The van der Waals surface area contributed by atoms with E-state index in [1.165, 1.54) is 11.3 Å². The monoisotopic (exact) mass is 413 g/mol. The van der Waals surface area contributed by atoms with Crippen molar-refractivity contribution in [3.8, 4) is 5.69 Å². The predicted octanol–water partition coefficient (Wildman–Crippen LogP) is 3.93. The fourth-order valence-electron chi connectivity index (χ4n) is 4.03. The number of benzene rings is 2. The van der Waals surface area contributed by atoms with Crippen LogP contribution in [-0.2, 0) is 0 Å². The van der Waals surface area contributed by atoms with Gasteiger partial charge in [-0.25, -0.2) is 14.6 Å². The van der Waals surface area contributed by atoms with E-state index in [0.29, 0.717) is 5.82 Å². The van der Waals surface area contributed by atoms with Crippen LogP contribution in [0.3, 0.4) is 0 Å². The Balaban J connectivity index is 1.52. The van der Waals surface area contributed by atoms with Gasteiger partial charge in [-0.05, 0) is 50.7 Å². The van der Waals surface area contributed by atoms with Crippen molar-refractivity contribution in [2.45, 2.75) is 13.8 Å². The molecule has 0 aliphatic carbocycles. The number of hydrogen-bond acceptors (Lipinski definition) is 6. The summed E-state index contributed by atoms with van der Waals surface area (Å²) in [6.07, 6.45) is 1.85. The van der Waals surface area contributed by atoms with Crippen molar-refractivity contribution in [3.63, 3.8) is 0 Å². The molecule has 0 amide bonds. The van der Waals surface area contributed by atoms with Crippen LogP contribution in [0, 0.1) is 13.8 Å². The van der Waals surface area contributed by atoms with Crippen LogP contribution in [0.2, 0.25) is 0 Å². The number of likely N-dealkylation sites (N-methyl/N-ethyl adjacent to an activating group) is 1. The molecule has 0 spiro atoms.